The van der Waals surface area contributed by atoms with E-state index in [1.54, 1.807) is 30.3 Å². The molecular formula is C27H33N6O8P. The van der Waals surface area contributed by atoms with Crippen LogP contribution in [0.4, 0.5) is 5.82 Å². The molecule has 3 heterocycles. The summed E-state index contributed by atoms with van der Waals surface area (Å²) in [7, 11) is -4.40. The highest BCUT2D eigenvalue weighted by Gasteiger charge is 2.57. The van der Waals surface area contributed by atoms with Gasteiger partial charge in [0.15, 0.2) is 5.82 Å². The van der Waals surface area contributed by atoms with Gasteiger partial charge >= 0.3 is 13.7 Å². The first-order valence-corrected chi connectivity index (χ1v) is 15.2. The van der Waals surface area contributed by atoms with Crippen molar-refractivity contribution in [2.45, 2.75) is 75.1 Å². The molecule has 1 aliphatic heterocycles. The molecular weight excluding hydrogens is 567 g/mol. The van der Waals surface area contributed by atoms with Gasteiger partial charge in [0.1, 0.15) is 60.7 Å². The van der Waals surface area contributed by atoms with Crippen LogP contribution in [-0.2, 0) is 23.4 Å². The first kappa shape index (κ1) is 29.9. The van der Waals surface area contributed by atoms with Gasteiger partial charge in [-0.3, -0.25) is 9.32 Å². The van der Waals surface area contributed by atoms with E-state index in [1.165, 1.54) is 29.9 Å². The van der Waals surface area contributed by atoms with Crippen LogP contribution in [0.25, 0.3) is 5.52 Å². The Morgan fingerprint density at radius 2 is 2.00 bits per heavy atom. The summed E-state index contributed by atoms with van der Waals surface area (Å²) in [4.78, 5) is 16.8. The minimum atomic E-state index is -4.40. The van der Waals surface area contributed by atoms with Crippen molar-refractivity contribution in [3.63, 3.8) is 0 Å². The molecule has 1 saturated carbocycles. The average Bonchev–Trinajstić information content (AvgIpc) is 3.53. The lowest BCUT2D eigenvalue weighted by Crippen LogP contribution is -2.46. The Hall–Kier alpha value is -3.57. The van der Waals surface area contributed by atoms with Crippen LogP contribution in [-0.4, -0.2) is 67.3 Å². The molecule has 0 unspecified atom stereocenters. The van der Waals surface area contributed by atoms with Gasteiger partial charge in [-0.15, -0.1) is 0 Å². The summed E-state index contributed by atoms with van der Waals surface area (Å²) in [5.74, 6) is -0.290. The zero-order chi connectivity index (χ0) is 29.9. The number of para-hydroxylation sites is 1. The van der Waals surface area contributed by atoms with Crippen molar-refractivity contribution in [2.75, 3.05) is 12.3 Å². The van der Waals surface area contributed by atoms with Crippen molar-refractivity contribution in [1.82, 2.24) is 19.7 Å². The number of esters is 1. The van der Waals surface area contributed by atoms with Crippen LogP contribution in [0.1, 0.15) is 50.8 Å². The second-order valence-electron chi connectivity index (χ2n) is 10.4. The summed E-state index contributed by atoms with van der Waals surface area (Å²) < 4.78 is 38.2. The second kappa shape index (κ2) is 12.3. The third-order valence-corrected chi connectivity index (χ3v) is 9.02. The molecule has 0 amide bonds. The van der Waals surface area contributed by atoms with E-state index in [-0.39, 0.29) is 17.7 Å². The second-order valence-corrected chi connectivity index (χ2v) is 12.1. The number of aliphatic hydroxyl groups is 2. The number of hydrogen-bond donors (Lipinski definition) is 4. The highest BCUT2D eigenvalue weighted by molar-refractivity contribution is 7.52. The molecule has 0 bridgehead atoms. The molecule has 15 heteroatoms. The lowest BCUT2D eigenvalue weighted by molar-refractivity contribution is -0.152. The lowest BCUT2D eigenvalue weighted by Gasteiger charge is -2.29. The quantitative estimate of drug-likeness (QED) is 0.195. The number of nitrogens with two attached hydrogens (primary N) is 1. The Morgan fingerprint density at radius 3 is 2.71 bits per heavy atom. The van der Waals surface area contributed by atoms with Crippen LogP contribution in [0.2, 0.25) is 0 Å². The van der Waals surface area contributed by atoms with Crippen molar-refractivity contribution < 1.29 is 38.1 Å². The summed E-state index contributed by atoms with van der Waals surface area (Å²) in [6.45, 7) is 0.668. The van der Waals surface area contributed by atoms with Gasteiger partial charge in [0, 0.05) is 0 Å². The molecule has 0 radical (unpaired) electrons. The summed E-state index contributed by atoms with van der Waals surface area (Å²) in [6, 6.07) is 12.0. The zero-order valence-corrected chi connectivity index (χ0v) is 23.8. The maximum atomic E-state index is 14.0. The first-order valence-electron chi connectivity index (χ1n) is 13.7. The number of aromatic nitrogens is 3. The van der Waals surface area contributed by atoms with Crippen LogP contribution in [0, 0.1) is 11.3 Å². The topological polar surface area (TPSA) is 204 Å². The fourth-order valence-electron chi connectivity index (χ4n) is 5.11. The molecule has 1 aromatic carbocycles. The molecule has 3 aromatic rings. The van der Waals surface area contributed by atoms with E-state index in [4.69, 9.17) is 24.3 Å². The third-order valence-electron chi connectivity index (χ3n) is 7.40. The van der Waals surface area contributed by atoms with E-state index in [0.29, 0.717) is 11.2 Å². The van der Waals surface area contributed by atoms with Crippen molar-refractivity contribution in [1.29, 1.82) is 5.26 Å². The number of fused-ring (bicyclic) bond motifs is 1. The Kier molecular flexibility index (Phi) is 8.79. The van der Waals surface area contributed by atoms with Crippen molar-refractivity contribution in [3.8, 4) is 11.8 Å². The predicted octanol–water partition coefficient (Wildman–Crippen LogP) is 2.42. The maximum Gasteiger partial charge on any atom is 0.459 e. The van der Waals surface area contributed by atoms with Crippen molar-refractivity contribution >= 4 is 25.1 Å². The van der Waals surface area contributed by atoms with E-state index >= 15 is 0 Å². The SMILES string of the molecule is C[C@H](N[P@@](=O)(OC[C@@]1(C#N)O[C@@H](c2ccc3c(N)ncnn23)[C@H](O)[C@@H]1O)Oc1ccccc1)C(=O)OC1CCCCC1. The molecule has 42 heavy (non-hydrogen) atoms. The zero-order valence-electron chi connectivity index (χ0n) is 22.9. The number of aliphatic hydroxyl groups excluding tert-OH is 2. The number of nitrogen functional groups attached to an aromatic ring is 1. The molecule has 1 aliphatic carbocycles. The van der Waals surface area contributed by atoms with Gasteiger partial charge in [-0.2, -0.15) is 15.4 Å². The van der Waals surface area contributed by atoms with Crippen LogP contribution in [0.15, 0.2) is 48.8 Å². The normalized spacial score (nSPS) is 26.8. The molecule has 6 atom stereocenters. The molecule has 2 aromatic heterocycles. The number of nitrogens with zero attached hydrogens (tertiary/aromatic N) is 4. The molecule has 1 saturated heterocycles. The van der Waals surface area contributed by atoms with Gasteiger partial charge in [0.05, 0.1) is 5.69 Å². The number of hydrogen-bond acceptors (Lipinski definition) is 12. The highest BCUT2D eigenvalue weighted by atomic mass is 31.2. The molecule has 2 fully saturated rings. The Balaban J connectivity index is 1.35. The minimum Gasteiger partial charge on any atom is -0.461 e. The Morgan fingerprint density at radius 1 is 1.26 bits per heavy atom. The highest BCUT2D eigenvalue weighted by Crippen LogP contribution is 2.48. The summed E-state index contributed by atoms with van der Waals surface area (Å²) in [6.07, 6.45) is 0.914. The number of benzene rings is 1. The summed E-state index contributed by atoms with van der Waals surface area (Å²) in [5.41, 5.74) is 4.46. The monoisotopic (exact) mass is 600 g/mol. The fourth-order valence-corrected chi connectivity index (χ4v) is 6.63. The number of carbonyl (C=O) groups excluding carboxylic acids is 1. The van der Waals surface area contributed by atoms with Crippen LogP contribution < -0.4 is 15.3 Å². The van der Waals surface area contributed by atoms with Gasteiger partial charge in [-0.05, 0) is 56.9 Å². The number of anilines is 1. The smallest absolute Gasteiger partial charge is 0.459 e. The average molecular weight is 601 g/mol. The van der Waals surface area contributed by atoms with Crippen LogP contribution in [0.3, 0.4) is 0 Å². The standard InChI is InChI=1S/C27H33N6O8P/c1-17(26(36)39-18-8-4-2-5-9-18)32-42(37,41-19-10-6-3-7-11-19)38-15-27(14-28)24(35)22(34)23(40-27)20-12-13-21-25(29)30-16-31-33(20)21/h3,6-7,10-13,16-18,22-24,34-35H,2,4-5,8-9,15H2,1H3,(H,32,37)(H2,29,30,31)/t17-,22-,23-,24-,27+,42+/m0/s1. The van der Waals surface area contributed by atoms with Crippen LogP contribution in [0.5, 0.6) is 5.75 Å². The van der Waals surface area contributed by atoms with E-state index in [1.807, 2.05) is 6.07 Å². The first-order chi connectivity index (χ1) is 20.1. The molecule has 5 N–H and O–H groups in total. The molecule has 14 nitrogen and oxygen atoms in total. The molecule has 0 spiro atoms. The summed E-state index contributed by atoms with van der Waals surface area (Å²) >= 11 is 0. The maximum absolute atomic E-state index is 14.0. The van der Waals surface area contributed by atoms with E-state index in [2.05, 4.69) is 15.2 Å². The fraction of sp³-hybridized carbons (Fsp3) is 0.481. The number of carbonyl (C=O) groups is 1. The third kappa shape index (κ3) is 6.12. The predicted molar refractivity (Wildman–Crippen MR) is 148 cm³/mol. The van der Waals surface area contributed by atoms with E-state index < -0.39 is 50.3 Å². The Labute approximate surface area is 241 Å². The van der Waals surface area contributed by atoms with Crippen molar-refractivity contribution in [3.05, 3.63) is 54.5 Å². The molecule has 2 aliphatic rings. The van der Waals surface area contributed by atoms with Gasteiger partial charge in [0.25, 0.3) is 0 Å². The lowest BCUT2D eigenvalue weighted by atomic mass is 9.96. The molecule has 5 rings (SSSR count). The van der Waals surface area contributed by atoms with Crippen molar-refractivity contribution in [2.24, 2.45) is 0 Å². The number of nitrogens with one attached hydrogen (secondary N) is 1. The van der Waals surface area contributed by atoms with Gasteiger partial charge < -0.3 is 29.9 Å². The number of nitriles is 1. The summed E-state index contributed by atoms with van der Waals surface area (Å²) in [5, 5.41) is 38.7. The van der Waals surface area contributed by atoms with E-state index in [0.717, 1.165) is 32.1 Å². The number of rotatable bonds is 10. The minimum absolute atomic E-state index is 0.162. The largest absolute Gasteiger partial charge is 0.461 e. The van der Waals surface area contributed by atoms with Crippen LogP contribution >= 0.6 is 7.75 Å². The van der Waals surface area contributed by atoms with E-state index in [9.17, 15) is 24.8 Å². The van der Waals surface area contributed by atoms with Gasteiger partial charge in [-0.25, -0.2) is 14.1 Å². The number of ether oxygens (including phenoxy) is 2. The van der Waals surface area contributed by atoms with Gasteiger partial charge in [0.2, 0.25) is 5.60 Å². The van der Waals surface area contributed by atoms with Gasteiger partial charge in [-0.1, -0.05) is 24.6 Å². The Bertz CT molecular complexity index is 1490. The molecule has 224 valence electrons.